The highest BCUT2D eigenvalue weighted by atomic mass is 32.2. The Bertz CT molecular complexity index is 557. The minimum Gasteiger partial charge on any atom is -0.324 e. The van der Waals surface area contributed by atoms with Crippen LogP contribution >= 0.6 is 0 Å². The van der Waals surface area contributed by atoms with Crippen LogP contribution in [0.3, 0.4) is 0 Å². The molecule has 1 aromatic carbocycles. The summed E-state index contributed by atoms with van der Waals surface area (Å²) in [6.45, 7) is 1.92. The van der Waals surface area contributed by atoms with E-state index in [2.05, 4.69) is 4.72 Å². The van der Waals surface area contributed by atoms with Crippen LogP contribution in [0.25, 0.3) is 0 Å². The first-order valence-electron chi connectivity index (χ1n) is 8.86. The Morgan fingerprint density at radius 1 is 0.957 bits per heavy atom. The SMILES string of the molecule is CC(N)c1ccc(NS(=O)(=O)C2CCCCCCCCC2)cc1. The number of benzene rings is 1. The smallest absolute Gasteiger partial charge is 0.235 e. The summed E-state index contributed by atoms with van der Waals surface area (Å²) in [5, 5.41) is -0.270. The van der Waals surface area contributed by atoms with Gasteiger partial charge in [0.1, 0.15) is 0 Å². The predicted octanol–water partition coefficient (Wildman–Crippen LogP) is 4.34. The van der Waals surface area contributed by atoms with Crippen molar-refractivity contribution in [1.82, 2.24) is 0 Å². The fourth-order valence-corrected chi connectivity index (χ4v) is 4.77. The zero-order valence-corrected chi connectivity index (χ0v) is 14.9. The Labute approximate surface area is 140 Å². The summed E-state index contributed by atoms with van der Waals surface area (Å²) in [6, 6.07) is 7.33. The maximum absolute atomic E-state index is 12.7. The van der Waals surface area contributed by atoms with Crippen molar-refractivity contribution < 1.29 is 8.42 Å². The van der Waals surface area contributed by atoms with Gasteiger partial charge in [-0.15, -0.1) is 0 Å². The molecule has 0 aliphatic heterocycles. The standard InChI is InChI=1S/C18H30N2O2S/c1-15(19)16-11-13-17(14-12-16)20-23(21,22)18-9-7-5-3-2-4-6-8-10-18/h11-15,18,20H,2-10,19H2,1H3. The molecule has 1 atom stereocenters. The maximum Gasteiger partial charge on any atom is 0.235 e. The van der Waals surface area contributed by atoms with Crippen molar-refractivity contribution >= 4 is 15.7 Å². The molecule has 1 unspecified atom stereocenters. The Balaban J connectivity index is 2.02. The number of nitrogens with one attached hydrogen (secondary N) is 1. The van der Waals surface area contributed by atoms with Gasteiger partial charge in [-0.25, -0.2) is 8.42 Å². The van der Waals surface area contributed by atoms with E-state index in [1.807, 2.05) is 19.1 Å². The van der Waals surface area contributed by atoms with Gasteiger partial charge in [-0.05, 0) is 37.5 Å². The molecule has 1 aromatic rings. The van der Waals surface area contributed by atoms with Crippen molar-refractivity contribution in [2.75, 3.05) is 4.72 Å². The average Bonchev–Trinajstić information content (AvgIpc) is 2.52. The van der Waals surface area contributed by atoms with E-state index in [1.165, 1.54) is 19.3 Å². The number of anilines is 1. The highest BCUT2D eigenvalue weighted by Gasteiger charge is 2.25. The van der Waals surface area contributed by atoms with E-state index in [0.717, 1.165) is 44.1 Å². The number of sulfonamides is 1. The lowest BCUT2D eigenvalue weighted by Gasteiger charge is -2.20. The zero-order chi connectivity index (χ0) is 16.7. The van der Waals surface area contributed by atoms with Crippen molar-refractivity contribution in [2.24, 2.45) is 5.73 Å². The molecule has 0 bridgehead atoms. The molecule has 0 saturated heterocycles. The van der Waals surface area contributed by atoms with Crippen molar-refractivity contribution in [3.8, 4) is 0 Å². The monoisotopic (exact) mass is 338 g/mol. The molecule has 130 valence electrons. The van der Waals surface area contributed by atoms with E-state index in [1.54, 1.807) is 12.1 Å². The van der Waals surface area contributed by atoms with Crippen LogP contribution in [-0.2, 0) is 10.0 Å². The molecule has 1 fully saturated rings. The minimum absolute atomic E-state index is 0.0426. The Morgan fingerprint density at radius 3 is 1.91 bits per heavy atom. The quantitative estimate of drug-likeness (QED) is 0.857. The molecule has 23 heavy (non-hydrogen) atoms. The first-order valence-corrected chi connectivity index (χ1v) is 10.4. The maximum atomic E-state index is 12.7. The van der Waals surface area contributed by atoms with E-state index >= 15 is 0 Å². The van der Waals surface area contributed by atoms with Crippen molar-refractivity contribution in [3.05, 3.63) is 29.8 Å². The highest BCUT2D eigenvalue weighted by molar-refractivity contribution is 7.93. The summed E-state index contributed by atoms with van der Waals surface area (Å²) in [7, 11) is -3.32. The number of hydrogen-bond donors (Lipinski definition) is 2. The molecule has 0 heterocycles. The summed E-state index contributed by atoms with van der Waals surface area (Å²) in [5.41, 5.74) is 7.47. The lowest BCUT2D eigenvalue weighted by atomic mass is 10.0. The first kappa shape index (κ1) is 18.3. The molecule has 0 amide bonds. The fraction of sp³-hybridized carbons (Fsp3) is 0.667. The van der Waals surface area contributed by atoms with Crippen molar-refractivity contribution in [2.45, 2.75) is 76.0 Å². The van der Waals surface area contributed by atoms with Crippen LogP contribution in [0, 0.1) is 0 Å². The zero-order valence-electron chi connectivity index (χ0n) is 14.1. The van der Waals surface area contributed by atoms with Crippen LogP contribution < -0.4 is 10.5 Å². The molecule has 4 nitrogen and oxygen atoms in total. The first-order chi connectivity index (χ1) is 11.0. The second-order valence-electron chi connectivity index (χ2n) is 6.73. The van der Waals surface area contributed by atoms with Gasteiger partial charge in [0.2, 0.25) is 10.0 Å². The van der Waals surface area contributed by atoms with E-state index in [-0.39, 0.29) is 11.3 Å². The fourth-order valence-electron chi connectivity index (χ4n) is 3.18. The summed E-state index contributed by atoms with van der Waals surface area (Å²) >= 11 is 0. The number of nitrogens with two attached hydrogens (primary N) is 1. The lowest BCUT2D eigenvalue weighted by molar-refractivity contribution is 0.492. The van der Waals surface area contributed by atoms with Crippen LogP contribution in [0.5, 0.6) is 0 Å². The van der Waals surface area contributed by atoms with E-state index in [4.69, 9.17) is 5.73 Å². The molecule has 1 saturated carbocycles. The number of hydrogen-bond acceptors (Lipinski definition) is 3. The van der Waals surface area contributed by atoms with Gasteiger partial charge in [0.25, 0.3) is 0 Å². The normalized spacial score (nSPS) is 19.9. The van der Waals surface area contributed by atoms with Gasteiger partial charge in [0.05, 0.1) is 5.25 Å². The van der Waals surface area contributed by atoms with Gasteiger partial charge in [-0.2, -0.15) is 0 Å². The summed E-state index contributed by atoms with van der Waals surface area (Å²) in [4.78, 5) is 0. The summed E-state index contributed by atoms with van der Waals surface area (Å²) in [6.07, 6.45) is 9.62. The average molecular weight is 339 g/mol. The van der Waals surface area contributed by atoms with Crippen molar-refractivity contribution in [3.63, 3.8) is 0 Å². The predicted molar refractivity (Wildman–Crippen MR) is 96.9 cm³/mol. The Kier molecular flexibility index (Phi) is 6.90. The van der Waals surface area contributed by atoms with Gasteiger partial charge >= 0.3 is 0 Å². The van der Waals surface area contributed by atoms with Crippen LogP contribution in [-0.4, -0.2) is 13.7 Å². The van der Waals surface area contributed by atoms with Crippen LogP contribution in [0.15, 0.2) is 24.3 Å². The third kappa shape index (κ3) is 5.81. The molecular weight excluding hydrogens is 308 g/mol. The second kappa shape index (κ2) is 8.69. The molecule has 5 heteroatoms. The molecule has 1 aliphatic rings. The van der Waals surface area contributed by atoms with E-state index in [9.17, 15) is 8.42 Å². The topological polar surface area (TPSA) is 72.2 Å². The van der Waals surface area contributed by atoms with Gasteiger partial charge in [0, 0.05) is 11.7 Å². The van der Waals surface area contributed by atoms with E-state index < -0.39 is 10.0 Å². The Hall–Kier alpha value is -1.07. The molecule has 1 aliphatic carbocycles. The molecule has 0 radical (unpaired) electrons. The molecule has 3 N–H and O–H groups in total. The van der Waals surface area contributed by atoms with E-state index in [0.29, 0.717) is 5.69 Å². The highest BCUT2D eigenvalue weighted by Crippen LogP contribution is 2.24. The van der Waals surface area contributed by atoms with Crippen LogP contribution in [0.4, 0.5) is 5.69 Å². The summed E-state index contributed by atoms with van der Waals surface area (Å²) < 4.78 is 28.2. The van der Waals surface area contributed by atoms with Crippen LogP contribution in [0.2, 0.25) is 0 Å². The lowest BCUT2D eigenvalue weighted by Crippen LogP contribution is -2.28. The molecule has 0 spiro atoms. The van der Waals surface area contributed by atoms with Gasteiger partial charge in [-0.3, -0.25) is 4.72 Å². The van der Waals surface area contributed by atoms with Crippen molar-refractivity contribution in [1.29, 1.82) is 0 Å². The van der Waals surface area contributed by atoms with Gasteiger partial charge in [-0.1, -0.05) is 57.1 Å². The molecule has 0 aromatic heterocycles. The molecule has 2 rings (SSSR count). The largest absolute Gasteiger partial charge is 0.324 e. The Morgan fingerprint density at radius 2 is 1.43 bits per heavy atom. The minimum atomic E-state index is -3.32. The number of rotatable bonds is 4. The van der Waals surface area contributed by atoms with Gasteiger partial charge < -0.3 is 5.73 Å². The van der Waals surface area contributed by atoms with Crippen LogP contribution in [0.1, 0.15) is 76.3 Å². The second-order valence-corrected chi connectivity index (χ2v) is 8.69. The molecular formula is C18H30N2O2S. The summed E-state index contributed by atoms with van der Waals surface area (Å²) in [5.74, 6) is 0. The van der Waals surface area contributed by atoms with Gasteiger partial charge in [0.15, 0.2) is 0 Å². The third-order valence-electron chi connectivity index (χ3n) is 4.69. The third-order valence-corrected chi connectivity index (χ3v) is 6.56.